The number of halogens is 1. The van der Waals surface area contributed by atoms with Crippen molar-refractivity contribution in [2.24, 2.45) is 0 Å². The first-order valence-electron chi connectivity index (χ1n) is 8.63. The normalized spacial score (nSPS) is 28.2. The number of nitrogens with zero attached hydrogens (tertiary/aromatic N) is 2. The smallest absolute Gasteiger partial charge is 0.251 e. The molecule has 0 bridgehead atoms. The number of benzene rings is 1. The fourth-order valence-corrected chi connectivity index (χ4v) is 4.09. The molecular formula is C18H20FN3O3. The number of rotatable bonds is 2. The Bertz CT molecular complexity index is 736. The van der Waals surface area contributed by atoms with Crippen LogP contribution in [0.4, 0.5) is 4.39 Å². The van der Waals surface area contributed by atoms with Gasteiger partial charge >= 0.3 is 0 Å². The van der Waals surface area contributed by atoms with Crippen LogP contribution in [-0.2, 0) is 9.59 Å². The molecule has 3 heterocycles. The monoisotopic (exact) mass is 345 g/mol. The van der Waals surface area contributed by atoms with E-state index in [1.165, 1.54) is 6.07 Å². The lowest BCUT2D eigenvalue weighted by atomic mass is 10.1. The van der Waals surface area contributed by atoms with Gasteiger partial charge in [-0.05, 0) is 43.9 Å². The van der Waals surface area contributed by atoms with Crippen molar-refractivity contribution in [1.29, 1.82) is 0 Å². The minimum Gasteiger partial charge on any atom is -0.347 e. The van der Waals surface area contributed by atoms with E-state index in [4.69, 9.17) is 0 Å². The summed E-state index contributed by atoms with van der Waals surface area (Å²) in [6.07, 6.45) is 1.99. The van der Waals surface area contributed by atoms with E-state index in [1.54, 1.807) is 28.9 Å². The number of carbonyl (C=O) groups excluding carboxylic acids is 3. The zero-order valence-electron chi connectivity index (χ0n) is 14.0. The molecule has 25 heavy (non-hydrogen) atoms. The van der Waals surface area contributed by atoms with Gasteiger partial charge in [-0.3, -0.25) is 14.4 Å². The number of nitrogens with one attached hydrogen (secondary N) is 1. The zero-order valence-corrected chi connectivity index (χ0v) is 14.0. The van der Waals surface area contributed by atoms with Crippen LogP contribution in [-0.4, -0.2) is 58.7 Å². The fraction of sp³-hybridized carbons (Fsp3) is 0.500. The maximum atomic E-state index is 13.6. The van der Waals surface area contributed by atoms with E-state index in [-0.39, 0.29) is 35.4 Å². The predicted molar refractivity (Wildman–Crippen MR) is 87.2 cm³/mol. The third-order valence-electron chi connectivity index (χ3n) is 5.46. The molecule has 3 atom stereocenters. The van der Waals surface area contributed by atoms with Crippen molar-refractivity contribution in [3.05, 3.63) is 35.1 Å². The number of fused-ring (bicyclic) bond motifs is 2. The van der Waals surface area contributed by atoms with Gasteiger partial charge in [-0.1, -0.05) is 6.07 Å². The van der Waals surface area contributed by atoms with Gasteiger partial charge in [0.2, 0.25) is 11.8 Å². The van der Waals surface area contributed by atoms with Crippen molar-refractivity contribution in [2.45, 2.75) is 44.3 Å². The minimum atomic E-state index is -0.484. The average Bonchev–Trinajstić information content (AvgIpc) is 3.22. The van der Waals surface area contributed by atoms with E-state index in [0.717, 1.165) is 6.42 Å². The molecule has 3 aliphatic rings. The van der Waals surface area contributed by atoms with Gasteiger partial charge in [0.05, 0.1) is 0 Å². The molecule has 132 valence electrons. The molecule has 0 saturated carbocycles. The molecule has 4 rings (SSSR count). The summed E-state index contributed by atoms with van der Waals surface area (Å²) < 4.78 is 13.6. The van der Waals surface area contributed by atoms with Gasteiger partial charge in [0.15, 0.2) is 0 Å². The Labute approximate surface area is 145 Å². The van der Waals surface area contributed by atoms with Gasteiger partial charge in [0, 0.05) is 24.7 Å². The van der Waals surface area contributed by atoms with Crippen molar-refractivity contribution < 1.29 is 18.8 Å². The summed E-state index contributed by atoms with van der Waals surface area (Å²) in [4.78, 5) is 40.8. The maximum absolute atomic E-state index is 13.6. The van der Waals surface area contributed by atoms with Crippen LogP contribution in [0.2, 0.25) is 0 Å². The molecular weight excluding hydrogens is 325 g/mol. The topological polar surface area (TPSA) is 69.7 Å². The van der Waals surface area contributed by atoms with Crippen LogP contribution in [0.15, 0.2) is 18.2 Å². The Hall–Kier alpha value is -2.44. The molecule has 0 aromatic heterocycles. The Morgan fingerprint density at radius 3 is 2.72 bits per heavy atom. The van der Waals surface area contributed by atoms with E-state index >= 15 is 0 Å². The van der Waals surface area contributed by atoms with Gasteiger partial charge in [0.25, 0.3) is 5.91 Å². The Balaban J connectivity index is 1.47. The van der Waals surface area contributed by atoms with E-state index in [2.05, 4.69) is 5.32 Å². The largest absolute Gasteiger partial charge is 0.347 e. The molecule has 0 unspecified atom stereocenters. The minimum absolute atomic E-state index is 0.0137. The molecule has 0 radical (unpaired) electrons. The van der Waals surface area contributed by atoms with Crippen LogP contribution in [0.25, 0.3) is 0 Å². The molecule has 3 fully saturated rings. The van der Waals surface area contributed by atoms with Crippen LogP contribution in [0, 0.1) is 12.7 Å². The lowest BCUT2D eigenvalue weighted by molar-refractivity contribution is -0.156. The molecule has 1 N–H and O–H groups in total. The maximum Gasteiger partial charge on any atom is 0.251 e. The number of amides is 3. The molecule has 6 nitrogen and oxygen atoms in total. The van der Waals surface area contributed by atoms with Gasteiger partial charge < -0.3 is 15.1 Å². The quantitative estimate of drug-likeness (QED) is 0.863. The highest BCUT2D eigenvalue weighted by molar-refractivity contribution is 5.98. The Morgan fingerprint density at radius 1 is 1.20 bits per heavy atom. The number of aryl methyl sites for hydroxylation is 1. The third kappa shape index (κ3) is 2.58. The van der Waals surface area contributed by atoms with Crippen LogP contribution in [0.5, 0.6) is 0 Å². The lowest BCUT2D eigenvalue weighted by Crippen LogP contribution is -2.60. The molecule has 3 amide bonds. The summed E-state index contributed by atoms with van der Waals surface area (Å²) in [6, 6.07) is 3.23. The van der Waals surface area contributed by atoms with Crippen LogP contribution in [0.3, 0.4) is 0 Å². The standard InChI is InChI=1S/C18H20FN3O3/c1-10-4-5-11(7-13(10)19)16(23)20-12-8-15-18(25)21-6-2-3-14(21)17(24)22(15)9-12/h4-5,7,12,14-15H,2-3,6,8-9H2,1H3,(H,20,23)/t12-,14-,15-/m0/s1. The molecule has 3 saturated heterocycles. The van der Waals surface area contributed by atoms with Gasteiger partial charge in [-0.15, -0.1) is 0 Å². The van der Waals surface area contributed by atoms with Crippen LogP contribution < -0.4 is 5.32 Å². The number of hydrogen-bond donors (Lipinski definition) is 1. The molecule has 0 aliphatic carbocycles. The summed E-state index contributed by atoms with van der Waals surface area (Å²) in [5, 5.41) is 2.83. The number of hydrogen-bond acceptors (Lipinski definition) is 3. The summed E-state index contributed by atoms with van der Waals surface area (Å²) in [7, 11) is 0. The van der Waals surface area contributed by atoms with Gasteiger partial charge in [-0.25, -0.2) is 4.39 Å². The molecule has 7 heteroatoms. The molecule has 0 spiro atoms. The molecule has 1 aromatic rings. The second kappa shape index (κ2) is 5.82. The summed E-state index contributed by atoms with van der Waals surface area (Å²) in [5.41, 5.74) is 0.720. The second-order valence-electron chi connectivity index (χ2n) is 7.07. The Kier molecular flexibility index (Phi) is 3.74. The number of piperazine rings is 1. The average molecular weight is 345 g/mol. The first-order chi connectivity index (χ1) is 12.0. The van der Waals surface area contributed by atoms with E-state index in [1.807, 2.05) is 0 Å². The highest BCUT2D eigenvalue weighted by Crippen LogP contribution is 2.32. The fourth-order valence-electron chi connectivity index (χ4n) is 4.09. The highest BCUT2D eigenvalue weighted by atomic mass is 19.1. The highest BCUT2D eigenvalue weighted by Gasteiger charge is 2.51. The summed E-state index contributed by atoms with van der Waals surface area (Å²) in [6.45, 7) is 2.61. The Morgan fingerprint density at radius 2 is 1.96 bits per heavy atom. The van der Waals surface area contributed by atoms with E-state index in [9.17, 15) is 18.8 Å². The first kappa shape index (κ1) is 16.1. The van der Waals surface area contributed by atoms with Crippen molar-refractivity contribution in [3.8, 4) is 0 Å². The summed E-state index contributed by atoms with van der Waals surface area (Å²) >= 11 is 0. The molecule has 3 aliphatic heterocycles. The SMILES string of the molecule is Cc1ccc(C(=O)N[C@H]2C[C@H]3C(=O)N4CCC[C@H]4C(=O)N3C2)cc1F. The van der Waals surface area contributed by atoms with Gasteiger partial charge in [-0.2, -0.15) is 0 Å². The van der Waals surface area contributed by atoms with Crippen molar-refractivity contribution >= 4 is 17.7 Å². The predicted octanol–water partition coefficient (Wildman–Crippen LogP) is 0.838. The van der Waals surface area contributed by atoms with Crippen molar-refractivity contribution in [1.82, 2.24) is 15.1 Å². The van der Waals surface area contributed by atoms with Crippen molar-refractivity contribution in [3.63, 3.8) is 0 Å². The summed E-state index contributed by atoms with van der Waals surface area (Å²) in [5.74, 6) is -0.841. The number of carbonyl (C=O) groups is 3. The lowest BCUT2D eigenvalue weighted by Gasteiger charge is -2.38. The van der Waals surface area contributed by atoms with E-state index < -0.39 is 11.9 Å². The molecule has 1 aromatic carbocycles. The first-order valence-corrected chi connectivity index (χ1v) is 8.63. The van der Waals surface area contributed by atoms with Crippen molar-refractivity contribution in [2.75, 3.05) is 13.1 Å². The van der Waals surface area contributed by atoms with Crippen LogP contribution >= 0.6 is 0 Å². The van der Waals surface area contributed by atoms with E-state index in [0.29, 0.717) is 31.5 Å². The zero-order chi connectivity index (χ0) is 17.7. The van der Waals surface area contributed by atoms with Crippen LogP contribution in [0.1, 0.15) is 35.2 Å². The van der Waals surface area contributed by atoms with Gasteiger partial charge in [0.1, 0.15) is 17.9 Å². The second-order valence-corrected chi connectivity index (χ2v) is 7.07. The third-order valence-corrected chi connectivity index (χ3v) is 5.46.